The lowest BCUT2D eigenvalue weighted by Crippen LogP contribution is -2.65. The molecule has 3 aromatic carbocycles. The summed E-state index contributed by atoms with van der Waals surface area (Å²) in [5.74, 6) is -20.4. The van der Waals surface area contributed by atoms with Crippen molar-refractivity contribution >= 4 is 89.8 Å². The molecule has 0 unspecified atom stereocenters. The molecule has 31 heteroatoms. The maximum atomic E-state index is 17.2. The number of carbonyl (C=O) groups is 11. The van der Waals surface area contributed by atoms with Gasteiger partial charge in [-0.3, -0.25) is 52.8 Å². The van der Waals surface area contributed by atoms with E-state index in [1.807, 2.05) is 0 Å². The summed E-state index contributed by atoms with van der Waals surface area (Å²) in [6.07, 6.45) is 0. The topological polar surface area (TPSA) is 314 Å². The van der Waals surface area contributed by atoms with Gasteiger partial charge in [-0.1, -0.05) is 13.1 Å². The minimum Gasteiger partial charge on any atom is -0.489 e. The number of hydrogen-bond acceptors (Lipinski definition) is 26. The van der Waals surface area contributed by atoms with E-state index in [1.54, 1.807) is 0 Å². The van der Waals surface area contributed by atoms with E-state index in [0.717, 1.165) is 58.6 Å². The quantitative estimate of drug-likeness (QED) is 0.0209. The van der Waals surface area contributed by atoms with Crippen LogP contribution in [-0.4, -0.2) is 158 Å². The predicted molar refractivity (Wildman–Crippen MR) is 260 cm³/mol. The summed E-state index contributed by atoms with van der Waals surface area (Å²) in [5.41, 5.74) is -5.24. The van der Waals surface area contributed by atoms with E-state index in [2.05, 4.69) is 18.9 Å². The number of nitrogens with zero attached hydrogens (tertiary/aromatic N) is 2. The van der Waals surface area contributed by atoms with E-state index in [-0.39, 0.29) is 18.8 Å². The molecule has 5 rings (SSSR count). The van der Waals surface area contributed by atoms with Crippen LogP contribution in [0.4, 0.5) is 23.2 Å². The van der Waals surface area contributed by atoms with Crippen molar-refractivity contribution in [2.24, 2.45) is 0 Å². The van der Waals surface area contributed by atoms with Gasteiger partial charge in [0.1, 0.15) is 33.5 Å². The molecule has 0 radical (unpaired) electrons. The van der Waals surface area contributed by atoms with Gasteiger partial charge in [-0.25, -0.2) is 22.4 Å². The van der Waals surface area contributed by atoms with Gasteiger partial charge in [0.2, 0.25) is 38.7 Å². The van der Waals surface area contributed by atoms with Crippen molar-refractivity contribution in [3.63, 3.8) is 0 Å². The van der Waals surface area contributed by atoms with Crippen LogP contribution in [0.3, 0.4) is 0 Å². The zero-order valence-electron chi connectivity index (χ0n) is 44.5. The minimum absolute atomic E-state index is 0.229. The normalized spacial score (nSPS) is 13.0. The highest BCUT2D eigenvalue weighted by atomic mass is 28.3. The summed E-state index contributed by atoms with van der Waals surface area (Å²) >= 11 is 0. The van der Waals surface area contributed by atoms with E-state index >= 15 is 17.6 Å². The molecule has 1 spiro atoms. The van der Waals surface area contributed by atoms with Gasteiger partial charge < -0.3 is 66.5 Å². The summed E-state index contributed by atoms with van der Waals surface area (Å²) in [5, 5.41) is -1.07. The number of benzene rings is 3. The highest BCUT2D eigenvalue weighted by molar-refractivity contribution is 7.01. The minimum atomic E-state index is -4.13. The molecule has 2 aliphatic heterocycles. The van der Waals surface area contributed by atoms with Gasteiger partial charge in [0.15, 0.2) is 28.9 Å². The van der Waals surface area contributed by atoms with Gasteiger partial charge in [-0.15, -0.1) is 0 Å². The Kier molecular flexibility index (Phi) is 21.4. The molecule has 0 aromatic heterocycles. The molecule has 0 aliphatic carbocycles. The van der Waals surface area contributed by atoms with Gasteiger partial charge in [-0.05, 0) is 34.6 Å². The van der Waals surface area contributed by atoms with Crippen LogP contribution in [0, 0.1) is 23.3 Å². The van der Waals surface area contributed by atoms with Crippen molar-refractivity contribution in [1.29, 1.82) is 0 Å². The van der Waals surface area contributed by atoms with Crippen LogP contribution in [-0.2, 0) is 101 Å². The molecular weight excluding hydrogens is 1120 g/mol. The third kappa shape index (κ3) is 15.8. The third-order valence-corrected chi connectivity index (χ3v) is 14.9. The second-order valence-corrected chi connectivity index (χ2v) is 22.0. The van der Waals surface area contributed by atoms with Crippen LogP contribution in [0.25, 0.3) is 0 Å². The van der Waals surface area contributed by atoms with Crippen LogP contribution in [0.2, 0.25) is 13.1 Å². The fraction of sp³-hybridized carbons (Fsp3) is 0.420. The van der Waals surface area contributed by atoms with Crippen molar-refractivity contribution in [3.05, 3.63) is 69.8 Å². The molecule has 2 aliphatic rings. The highest BCUT2D eigenvalue weighted by Crippen LogP contribution is 2.53. The molecule has 0 amide bonds. The average molecular weight is 1170 g/mol. The molecule has 0 N–H and O–H groups in total. The molecule has 26 nitrogen and oxygen atoms in total. The van der Waals surface area contributed by atoms with Crippen molar-refractivity contribution in [1.82, 2.24) is 4.90 Å². The number of carbonyl (C=O) groups excluding carboxylic acids is 11. The number of hydrogen-bond donors (Lipinski definition) is 0. The lowest BCUT2D eigenvalue weighted by Gasteiger charge is -2.44. The Morgan fingerprint density at radius 1 is 0.519 bits per heavy atom. The van der Waals surface area contributed by atoms with Crippen LogP contribution in [0.5, 0.6) is 17.2 Å². The Balaban J connectivity index is 1.67. The van der Waals surface area contributed by atoms with Gasteiger partial charge in [-0.2, -0.15) is 0 Å². The first-order valence-corrected chi connectivity index (χ1v) is 26.8. The number of fused-ring (bicyclic) bond motifs is 6. The first-order valence-electron chi connectivity index (χ1n) is 23.8. The number of ether oxygens (including phenoxy) is 13. The molecule has 0 saturated carbocycles. The van der Waals surface area contributed by atoms with Crippen molar-refractivity contribution in [2.75, 3.05) is 84.6 Å². The maximum Gasteiger partial charge on any atom is 0.340 e. The van der Waals surface area contributed by atoms with Gasteiger partial charge in [0.05, 0.1) is 37.6 Å². The van der Waals surface area contributed by atoms with E-state index in [9.17, 15) is 52.7 Å². The Morgan fingerprint density at radius 3 is 1.32 bits per heavy atom. The van der Waals surface area contributed by atoms with E-state index < -0.39 is 219 Å². The zero-order chi connectivity index (χ0) is 60.1. The molecule has 0 bridgehead atoms. The number of halogens is 4. The van der Waals surface area contributed by atoms with E-state index in [0.29, 0.717) is 12.1 Å². The molecule has 0 saturated heterocycles. The first kappa shape index (κ1) is 63.1. The Morgan fingerprint density at radius 2 is 0.926 bits per heavy atom. The standard InChI is InChI=1S/C50H52F4N2O24Si/c1-25(57)70-21-74-39(63)17-55(18-40(64)75-22-71-26(2)58)9-10-68-11-12-69-38-16-32-31(13-37(38)56(19-41(65)76-23-72-27(3)59)20-42(66)77-24-73-28(4)60)49(67)80-50(32)33-14-35(51)45(78-29(5)61)43(53)47(33)81(7,8)48-34(50)15-36(52)46(44(48)54)79-30(6)62/h13-16H,9-12,17-24H2,1-8H3. The average Bonchev–Trinajstić information content (AvgIpc) is 2.46. The third-order valence-electron chi connectivity index (χ3n) is 11.4. The molecule has 0 fully saturated rings. The molecule has 3 aromatic rings. The number of anilines is 1. The first-order chi connectivity index (χ1) is 38.1. The predicted octanol–water partition coefficient (Wildman–Crippen LogP) is 1.45. The summed E-state index contributed by atoms with van der Waals surface area (Å²) < 4.78 is 133. The highest BCUT2D eigenvalue weighted by Gasteiger charge is 2.60. The van der Waals surface area contributed by atoms with Crippen molar-refractivity contribution < 1.29 is 132 Å². The lowest BCUT2D eigenvalue weighted by molar-refractivity contribution is -0.170. The monoisotopic (exact) mass is 1170 g/mol. The van der Waals surface area contributed by atoms with Crippen molar-refractivity contribution in [3.8, 4) is 17.2 Å². The summed E-state index contributed by atoms with van der Waals surface area (Å²) in [6, 6.07) is 3.26. The maximum absolute atomic E-state index is 17.2. The van der Waals surface area contributed by atoms with Gasteiger partial charge >= 0.3 is 65.7 Å². The van der Waals surface area contributed by atoms with Crippen LogP contribution >= 0.6 is 0 Å². The summed E-state index contributed by atoms with van der Waals surface area (Å²) in [7, 11) is -4.13. The molecule has 2 heterocycles. The Bertz CT molecular complexity index is 2880. The smallest absolute Gasteiger partial charge is 0.340 e. The fourth-order valence-corrected chi connectivity index (χ4v) is 11.7. The largest absolute Gasteiger partial charge is 0.489 e. The second kappa shape index (κ2) is 27.4. The zero-order valence-corrected chi connectivity index (χ0v) is 45.5. The van der Waals surface area contributed by atoms with Crippen molar-refractivity contribution in [2.45, 2.75) is 60.2 Å². The number of esters is 11. The van der Waals surface area contributed by atoms with E-state index in [4.69, 9.17) is 42.6 Å². The molecular formula is C50H52F4N2O24Si. The van der Waals surface area contributed by atoms with E-state index in [1.165, 1.54) is 18.0 Å². The summed E-state index contributed by atoms with van der Waals surface area (Å²) in [6.45, 7) is 0.546. The molecule has 438 valence electrons. The fourth-order valence-electron chi connectivity index (χ4n) is 8.28. The Labute approximate surface area is 457 Å². The lowest BCUT2D eigenvalue weighted by atomic mass is 9.78. The van der Waals surface area contributed by atoms with Crippen LogP contribution in [0.1, 0.15) is 68.6 Å². The van der Waals surface area contributed by atoms with Crippen LogP contribution in [0.15, 0.2) is 24.3 Å². The second-order valence-electron chi connectivity index (χ2n) is 17.7. The van der Waals surface area contributed by atoms with Gasteiger partial charge in [0.25, 0.3) is 0 Å². The van der Waals surface area contributed by atoms with Gasteiger partial charge in [0, 0.05) is 64.8 Å². The number of rotatable bonds is 26. The SMILES string of the molecule is CC(=O)OCOC(=O)CN(CCOCCOc1cc2c(cc1N(CC(=O)OCOC(C)=O)CC(=O)OCOC(C)=O)C(=O)OC21c2cc(F)c(OC(C)=O)c(F)c2[Si](C)(C)c2c1cc(F)c(OC(C)=O)c2F)CC(=O)OCOC(C)=O. The molecule has 81 heavy (non-hydrogen) atoms. The summed E-state index contributed by atoms with van der Waals surface area (Å²) in [4.78, 5) is 138. The molecule has 0 atom stereocenters. The van der Waals surface area contributed by atoms with Crippen LogP contribution < -0.4 is 29.5 Å². The Hall–Kier alpha value is -8.71.